The Bertz CT molecular complexity index is 1980. The number of aryl methyl sites for hydroxylation is 1. The zero-order valence-corrected chi connectivity index (χ0v) is 24.5. The van der Waals surface area contributed by atoms with Crippen molar-refractivity contribution in [2.24, 2.45) is 0 Å². The second-order valence-corrected chi connectivity index (χ2v) is 12.0. The Morgan fingerprint density at radius 3 is 2.07 bits per heavy atom. The Morgan fingerprint density at radius 2 is 1.28 bits per heavy atom. The van der Waals surface area contributed by atoms with Crippen LogP contribution in [0, 0.1) is 0 Å². The number of nitrogens with zero attached hydrogens (tertiary/aromatic N) is 3. The highest BCUT2D eigenvalue weighted by atomic mass is 15.2. The van der Waals surface area contributed by atoms with Gasteiger partial charge >= 0.3 is 0 Å². The number of fused-ring (bicyclic) bond motifs is 3. The van der Waals surface area contributed by atoms with E-state index in [0.29, 0.717) is 0 Å². The van der Waals surface area contributed by atoms with Crippen molar-refractivity contribution in [2.45, 2.75) is 32.1 Å². The van der Waals surface area contributed by atoms with Gasteiger partial charge in [-0.2, -0.15) is 0 Å². The highest BCUT2D eigenvalue weighted by Crippen LogP contribution is 2.52. The maximum Gasteiger partial charge on any atom is 0.145 e. The minimum Gasteiger partial charge on any atom is -0.310 e. The third-order valence-electron chi connectivity index (χ3n) is 9.05. The summed E-state index contributed by atoms with van der Waals surface area (Å²) in [6.45, 7) is 4.70. The molecule has 1 aliphatic carbocycles. The van der Waals surface area contributed by atoms with Crippen molar-refractivity contribution in [3.05, 3.63) is 156 Å². The van der Waals surface area contributed by atoms with Crippen LogP contribution in [0.15, 0.2) is 133 Å². The summed E-state index contributed by atoms with van der Waals surface area (Å²) >= 11 is 0. The van der Waals surface area contributed by atoms with Gasteiger partial charge in [-0.1, -0.05) is 105 Å². The first-order chi connectivity index (χ1) is 21.1. The molecular formula is C40H33N3. The number of aromatic nitrogens is 2. The first-order valence-corrected chi connectivity index (χ1v) is 15.1. The number of hydrogen-bond acceptors (Lipinski definition) is 2. The lowest BCUT2D eigenvalue weighted by Gasteiger charge is -2.42. The van der Waals surface area contributed by atoms with Crippen LogP contribution in [0.4, 0.5) is 17.1 Å². The van der Waals surface area contributed by atoms with E-state index in [2.05, 4.69) is 163 Å². The summed E-state index contributed by atoms with van der Waals surface area (Å²) in [6, 6.07) is 46.0. The first kappa shape index (κ1) is 25.6. The molecule has 208 valence electrons. The van der Waals surface area contributed by atoms with Crippen molar-refractivity contribution in [1.82, 2.24) is 9.55 Å². The number of hydrogen-bond donors (Lipinski definition) is 0. The van der Waals surface area contributed by atoms with Crippen molar-refractivity contribution >= 4 is 23.1 Å². The van der Waals surface area contributed by atoms with Gasteiger partial charge in [-0.3, -0.25) is 4.57 Å². The van der Waals surface area contributed by atoms with Crippen molar-refractivity contribution < 1.29 is 0 Å². The van der Waals surface area contributed by atoms with Crippen LogP contribution in [0.25, 0.3) is 34.3 Å². The number of benzene rings is 5. The lowest BCUT2D eigenvalue weighted by Crippen LogP contribution is -2.30. The first-order valence-electron chi connectivity index (χ1n) is 15.1. The molecule has 0 radical (unpaired) electrons. The van der Waals surface area contributed by atoms with Gasteiger partial charge in [-0.25, -0.2) is 4.98 Å². The van der Waals surface area contributed by atoms with E-state index < -0.39 is 0 Å². The van der Waals surface area contributed by atoms with Crippen LogP contribution in [-0.2, 0) is 11.8 Å². The van der Waals surface area contributed by atoms with Crippen molar-refractivity contribution in [3.63, 3.8) is 0 Å². The molecule has 1 aromatic heterocycles. The zero-order valence-electron chi connectivity index (χ0n) is 24.5. The molecule has 3 nitrogen and oxygen atoms in total. The fourth-order valence-corrected chi connectivity index (χ4v) is 6.83. The summed E-state index contributed by atoms with van der Waals surface area (Å²) in [7, 11) is 0. The molecular weight excluding hydrogens is 522 g/mol. The molecule has 6 aromatic rings. The van der Waals surface area contributed by atoms with Crippen molar-refractivity contribution in [3.8, 4) is 28.2 Å². The van der Waals surface area contributed by atoms with Crippen molar-refractivity contribution in [2.75, 3.05) is 4.90 Å². The number of anilines is 3. The van der Waals surface area contributed by atoms with E-state index in [-0.39, 0.29) is 5.41 Å². The van der Waals surface area contributed by atoms with Crippen LogP contribution in [0.1, 0.15) is 42.8 Å². The predicted molar refractivity (Wildman–Crippen MR) is 179 cm³/mol. The van der Waals surface area contributed by atoms with E-state index in [1.165, 1.54) is 50.7 Å². The zero-order chi connectivity index (χ0) is 29.0. The number of allylic oxidation sites excluding steroid dienone is 1. The minimum absolute atomic E-state index is 0.139. The second kappa shape index (κ2) is 9.99. The molecule has 5 aromatic carbocycles. The third-order valence-corrected chi connectivity index (χ3v) is 9.05. The van der Waals surface area contributed by atoms with Gasteiger partial charge in [0.05, 0.1) is 22.8 Å². The Balaban J connectivity index is 1.22. The second-order valence-electron chi connectivity index (χ2n) is 12.0. The molecule has 3 heteroatoms. The van der Waals surface area contributed by atoms with Gasteiger partial charge in [0.1, 0.15) is 5.82 Å². The van der Waals surface area contributed by atoms with Crippen LogP contribution >= 0.6 is 0 Å². The lowest BCUT2D eigenvalue weighted by molar-refractivity contribution is 0.632. The van der Waals surface area contributed by atoms with Crippen LogP contribution in [0.3, 0.4) is 0 Å². The topological polar surface area (TPSA) is 21.1 Å². The monoisotopic (exact) mass is 555 g/mol. The van der Waals surface area contributed by atoms with E-state index in [9.17, 15) is 0 Å². The Hall–Kier alpha value is -5.15. The Labute approximate surface area is 253 Å². The predicted octanol–water partition coefficient (Wildman–Crippen LogP) is 10.3. The summed E-state index contributed by atoms with van der Waals surface area (Å²) < 4.78 is 2.31. The fraction of sp³-hybridized carbons (Fsp3) is 0.125. The highest BCUT2D eigenvalue weighted by Gasteiger charge is 2.36. The molecule has 2 heterocycles. The van der Waals surface area contributed by atoms with Crippen LogP contribution < -0.4 is 4.90 Å². The fourth-order valence-electron chi connectivity index (χ4n) is 6.83. The average Bonchev–Trinajstić information content (AvgIpc) is 3.46. The van der Waals surface area contributed by atoms with Gasteiger partial charge < -0.3 is 4.90 Å². The van der Waals surface area contributed by atoms with Crippen molar-refractivity contribution in [1.29, 1.82) is 0 Å². The summed E-state index contributed by atoms with van der Waals surface area (Å²) in [6.07, 6.45) is 6.51. The van der Waals surface area contributed by atoms with E-state index in [1.807, 2.05) is 0 Å². The summed E-state index contributed by atoms with van der Waals surface area (Å²) in [5.41, 5.74) is 13.2. The molecule has 0 saturated carbocycles. The maximum atomic E-state index is 5.10. The quantitative estimate of drug-likeness (QED) is 0.216. The molecule has 0 spiro atoms. The molecule has 0 fully saturated rings. The van der Waals surface area contributed by atoms with E-state index in [4.69, 9.17) is 4.98 Å². The molecule has 0 unspecified atom stereocenters. The van der Waals surface area contributed by atoms with Gasteiger partial charge in [0, 0.05) is 22.4 Å². The SMILES string of the molecule is CC1(C)c2ccccc2N(c2ccccc2)c2ccc(-c3ccc(-n4c(-c5ccccc5)nc5c4C=CCC5)cc3)cc21. The average molecular weight is 556 g/mol. The van der Waals surface area contributed by atoms with Gasteiger partial charge in [0.15, 0.2) is 0 Å². The van der Waals surface area contributed by atoms with Gasteiger partial charge in [0.2, 0.25) is 0 Å². The third kappa shape index (κ3) is 4.15. The Morgan fingerprint density at radius 1 is 0.605 bits per heavy atom. The molecule has 1 aliphatic heterocycles. The molecule has 0 atom stereocenters. The lowest BCUT2D eigenvalue weighted by atomic mass is 9.73. The smallest absolute Gasteiger partial charge is 0.145 e. The largest absolute Gasteiger partial charge is 0.310 e. The molecule has 0 N–H and O–H groups in total. The van der Waals surface area contributed by atoms with E-state index in [0.717, 1.165) is 29.9 Å². The van der Waals surface area contributed by atoms with Gasteiger partial charge in [-0.05, 0) is 83.6 Å². The van der Waals surface area contributed by atoms with E-state index >= 15 is 0 Å². The molecule has 0 saturated heterocycles. The van der Waals surface area contributed by atoms with Gasteiger partial charge in [-0.15, -0.1) is 0 Å². The maximum absolute atomic E-state index is 5.10. The molecule has 0 amide bonds. The van der Waals surface area contributed by atoms with Crippen LogP contribution in [0.5, 0.6) is 0 Å². The van der Waals surface area contributed by atoms with E-state index in [1.54, 1.807) is 0 Å². The molecule has 0 bridgehead atoms. The normalized spacial score (nSPS) is 14.6. The highest BCUT2D eigenvalue weighted by molar-refractivity contribution is 5.87. The number of para-hydroxylation sites is 2. The molecule has 2 aliphatic rings. The Kier molecular flexibility index (Phi) is 5.94. The summed E-state index contributed by atoms with van der Waals surface area (Å²) in [5.74, 6) is 1.00. The van der Waals surface area contributed by atoms with Crippen LogP contribution in [-0.4, -0.2) is 9.55 Å². The summed E-state index contributed by atoms with van der Waals surface area (Å²) in [5, 5.41) is 0. The molecule has 8 rings (SSSR count). The molecule has 43 heavy (non-hydrogen) atoms. The summed E-state index contributed by atoms with van der Waals surface area (Å²) in [4.78, 5) is 7.51. The minimum atomic E-state index is -0.139. The standard InChI is InChI=1S/C40H33N3/c1-40(2)33-17-9-11-19-36(33)42(31-15-7-4-8-16-31)37-26-23-30(27-34(37)40)28-21-24-32(25-22-28)43-38-20-12-10-18-35(38)41-39(43)29-13-5-3-6-14-29/h3-9,11-17,19-27H,10,18H2,1-2H3. The van der Waals surface area contributed by atoms with Crippen LogP contribution in [0.2, 0.25) is 0 Å². The number of rotatable bonds is 4. The van der Waals surface area contributed by atoms with Gasteiger partial charge in [0.25, 0.3) is 0 Å². The number of imidazole rings is 1.